The molecule has 0 saturated carbocycles. The van der Waals surface area contributed by atoms with E-state index in [4.69, 9.17) is 4.74 Å². The highest BCUT2D eigenvalue weighted by Gasteiger charge is 2.23. The first-order valence-corrected chi connectivity index (χ1v) is 6.40. The number of nitrogens with one attached hydrogen (secondary N) is 1. The van der Waals surface area contributed by atoms with Gasteiger partial charge >= 0.3 is 5.97 Å². The quantitative estimate of drug-likeness (QED) is 0.487. The van der Waals surface area contributed by atoms with Crippen molar-refractivity contribution in [1.82, 2.24) is 5.32 Å². The lowest BCUT2D eigenvalue weighted by Crippen LogP contribution is -2.32. The fourth-order valence-electron chi connectivity index (χ4n) is 2.00. The third-order valence-electron chi connectivity index (χ3n) is 3.09. The molecule has 8 heteroatoms. The number of carbonyl (C=O) groups excluding carboxylic acids is 1. The summed E-state index contributed by atoms with van der Waals surface area (Å²) in [5, 5.41) is 12.3. The van der Waals surface area contributed by atoms with Gasteiger partial charge in [0.2, 0.25) is 0 Å². The van der Waals surface area contributed by atoms with Gasteiger partial charge in [0, 0.05) is 0 Å². The zero-order valence-electron chi connectivity index (χ0n) is 11.3. The summed E-state index contributed by atoms with van der Waals surface area (Å²) >= 11 is 0. The van der Waals surface area contributed by atoms with E-state index in [1.54, 1.807) is 24.3 Å². The van der Waals surface area contributed by atoms with Crippen LogP contribution in [0.5, 0.6) is 0 Å². The molecule has 0 amide bonds. The number of hydrogen-bond donors (Lipinski definition) is 1. The van der Waals surface area contributed by atoms with E-state index in [0.29, 0.717) is 5.56 Å². The summed E-state index contributed by atoms with van der Waals surface area (Å²) < 4.78 is 5.21. The minimum atomic E-state index is -0.829. The molecule has 0 radical (unpaired) electrons. The summed E-state index contributed by atoms with van der Waals surface area (Å²) in [6.07, 6.45) is 1.81. The highest BCUT2D eigenvalue weighted by atomic mass is 35.5. The maximum absolute atomic E-state index is 11.7. The number of halogens is 1. The highest BCUT2D eigenvalue weighted by Crippen LogP contribution is 2.10. The summed E-state index contributed by atoms with van der Waals surface area (Å²) in [6, 6.07) is 6.74. The van der Waals surface area contributed by atoms with Crippen molar-refractivity contribution < 1.29 is 19.5 Å². The van der Waals surface area contributed by atoms with E-state index >= 15 is 0 Å². The van der Waals surface area contributed by atoms with E-state index in [1.807, 2.05) is 0 Å². The largest absolute Gasteiger partial charge is 0.460 e. The van der Waals surface area contributed by atoms with E-state index in [9.17, 15) is 14.9 Å². The van der Waals surface area contributed by atoms with Crippen LogP contribution in [-0.2, 0) is 27.6 Å². The zero-order chi connectivity index (χ0) is 14.4. The molecular formula is C13H17ClN2O5. The lowest BCUT2D eigenvalue weighted by Gasteiger charge is -2.10. The Morgan fingerprint density at radius 2 is 1.90 bits per heavy atom. The molecule has 2 rings (SSSR count). The second-order valence-corrected chi connectivity index (χ2v) is 4.57. The minimum absolute atomic E-state index is 0. The van der Waals surface area contributed by atoms with E-state index < -0.39 is 5.09 Å². The van der Waals surface area contributed by atoms with Crippen molar-refractivity contribution in [3.63, 3.8) is 0 Å². The molecule has 0 aliphatic carbocycles. The monoisotopic (exact) mass is 316 g/mol. The van der Waals surface area contributed by atoms with Gasteiger partial charge in [-0.3, -0.25) is 4.79 Å². The van der Waals surface area contributed by atoms with Crippen LogP contribution in [0, 0.1) is 10.1 Å². The van der Waals surface area contributed by atoms with Gasteiger partial charge in [-0.15, -0.1) is 22.5 Å². The van der Waals surface area contributed by atoms with Crippen LogP contribution < -0.4 is 5.32 Å². The first kappa shape index (κ1) is 17.2. The number of rotatable bonds is 6. The van der Waals surface area contributed by atoms with Crippen LogP contribution in [0.1, 0.15) is 24.0 Å². The van der Waals surface area contributed by atoms with Gasteiger partial charge in [-0.05, 0) is 30.5 Å². The molecule has 1 fully saturated rings. The third kappa shape index (κ3) is 5.57. The molecule has 1 aromatic rings. The Morgan fingerprint density at radius 3 is 2.43 bits per heavy atom. The number of nitrogens with zero attached hydrogens (tertiary/aromatic N) is 1. The fraction of sp³-hybridized carbons (Fsp3) is 0.462. The summed E-state index contributed by atoms with van der Waals surface area (Å²) in [7, 11) is 0. The smallest absolute Gasteiger partial charge is 0.323 e. The average Bonchev–Trinajstić information content (AvgIpc) is 2.98. The SMILES string of the molecule is Cl.O=C(OCc1ccc(CO[N+](=O)[O-])cc1)C1CCCN1. The van der Waals surface area contributed by atoms with E-state index in [2.05, 4.69) is 10.2 Å². The molecule has 0 aromatic heterocycles. The molecule has 0 bridgehead atoms. The fourth-order valence-corrected chi connectivity index (χ4v) is 2.00. The maximum Gasteiger partial charge on any atom is 0.323 e. The van der Waals surface area contributed by atoms with Crippen molar-refractivity contribution in [2.45, 2.75) is 32.1 Å². The molecule has 1 N–H and O–H groups in total. The van der Waals surface area contributed by atoms with E-state index in [-0.39, 0.29) is 37.6 Å². The van der Waals surface area contributed by atoms with Crippen molar-refractivity contribution in [1.29, 1.82) is 0 Å². The second kappa shape index (κ2) is 8.43. The molecule has 7 nitrogen and oxygen atoms in total. The van der Waals surface area contributed by atoms with Crippen molar-refractivity contribution in [2.24, 2.45) is 0 Å². The second-order valence-electron chi connectivity index (χ2n) is 4.57. The van der Waals surface area contributed by atoms with Gasteiger partial charge in [-0.2, -0.15) is 0 Å². The first-order valence-electron chi connectivity index (χ1n) is 6.40. The standard InChI is InChI=1S/C13H16N2O5.ClH/c16-13(12-2-1-7-14-12)19-8-10-3-5-11(6-4-10)9-20-15(17)18;/h3-6,12,14H,1-2,7-9H2;1H. The van der Waals surface area contributed by atoms with Gasteiger partial charge in [0.25, 0.3) is 5.09 Å². The van der Waals surface area contributed by atoms with Gasteiger partial charge in [-0.25, -0.2) is 0 Å². The zero-order valence-corrected chi connectivity index (χ0v) is 12.1. The van der Waals surface area contributed by atoms with Crippen molar-refractivity contribution in [2.75, 3.05) is 6.54 Å². The van der Waals surface area contributed by atoms with Crippen LogP contribution in [0.3, 0.4) is 0 Å². The number of ether oxygens (including phenoxy) is 1. The van der Waals surface area contributed by atoms with Crippen LogP contribution in [0.2, 0.25) is 0 Å². The average molecular weight is 317 g/mol. The summed E-state index contributed by atoms with van der Waals surface area (Å²) in [5.41, 5.74) is 1.52. The predicted molar refractivity (Wildman–Crippen MR) is 76.3 cm³/mol. The molecule has 1 saturated heterocycles. The molecule has 1 aliphatic rings. The third-order valence-corrected chi connectivity index (χ3v) is 3.09. The van der Waals surface area contributed by atoms with E-state index in [0.717, 1.165) is 24.9 Å². The van der Waals surface area contributed by atoms with Crippen molar-refractivity contribution in [3.05, 3.63) is 45.5 Å². The Hall–Kier alpha value is -1.86. The number of esters is 1. The maximum atomic E-state index is 11.7. The van der Waals surface area contributed by atoms with Gasteiger partial charge in [0.1, 0.15) is 19.3 Å². The van der Waals surface area contributed by atoms with Gasteiger partial charge in [0.15, 0.2) is 0 Å². The van der Waals surface area contributed by atoms with Crippen LogP contribution in [0.15, 0.2) is 24.3 Å². The summed E-state index contributed by atoms with van der Waals surface area (Å²) in [4.78, 5) is 26.0. The molecular weight excluding hydrogens is 300 g/mol. The predicted octanol–water partition coefficient (Wildman–Crippen LogP) is 1.61. The summed E-state index contributed by atoms with van der Waals surface area (Å²) in [5.74, 6) is -0.233. The van der Waals surface area contributed by atoms with Gasteiger partial charge in [-0.1, -0.05) is 24.3 Å². The Bertz CT molecular complexity index is 474. The molecule has 0 spiro atoms. The highest BCUT2D eigenvalue weighted by molar-refractivity contribution is 5.85. The lowest BCUT2D eigenvalue weighted by molar-refractivity contribution is -0.763. The Balaban J connectivity index is 0.00000220. The molecule has 21 heavy (non-hydrogen) atoms. The van der Waals surface area contributed by atoms with E-state index in [1.165, 1.54) is 0 Å². The first-order chi connectivity index (χ1) is 9.65. The molecule has 1 atom stereocenters. The van der Waals surface area contributed by atoms with Crippen molar-refractivity contribution in [3.8, 4) is 0 Å². The number of hydrogen-bond acceptors (Lipinski definition) is 6. The Labute approximate surface area is 128 Å². The number of benzene rings is 1. The molecule has 1 aliphatic heterocycles. The summed E-state index contributed by atoms with van der Waals surface area (Å²) in [6.45, 7) is 0.970. The van der Waals surface area contributed by atoms with Crippen LogP contribution in [0.4, 0.5) is 0 Å². The molecule has 1 unspecified atom stereocenters. The van der Waals surface area contributed by atoms with Gasteiger partial charge in [0.05, 0.1) is 0 Å². The molecule has 116 valence electrons. The van der Waals surface area contributed by atoms with Crippen molar-refractivity contribution >= 4 is 18.4 Å². The Morgan fingerprint density at radius 1 is 1.29 bits per heavy atom. The minimum Gasteiger partial charge on any atom is -0.460 e. The van der Waals surface area contributed by atoms with Gasteiger partial charge < -0.3 is 14.9 Å². The lowest BCUT2D eigenvalue weighted by atomic mass is 10.1. The van der Waals surface area contributed by atoms with Crippen LogP contribution in [-0.4, -0.2) is 23.6 Å². The molecule has 1 aromatic carbocycles. The number of carbonyl (C=O) groups is 1. The van der Waals surface area contributed by atoms with Crippen LogP contribution >= 0.6 is 12.4 Å². The normalized spacial score (nSPS) is 16.9. The van der Waals surface area contributed by atoms with Crippen LogP contribution in [0.25, 0.3) is 0 Å². The Kier molecular flexibility index (Phi) is 6.90. The molecule has 1 heterocycles. The topological polar surface area (TPSA) is 90.7 Å².